The van der Waals surface area contributed by atoms with Crippen molar-refractivity contribution >= 4 is 23.7 Å². The first kappa shape index (κ1) is 16.6. The number of esters is 1. The first-order chi connectivity index (χ1) is 10.2. The highest BCUT2D eigenvalue weighted by Crippen LogP contribution is 2.28. The Morgan fingerprint density at radius 1 is 1.45 bits per heavy atom. The topological polar surface area (TPSA) is 64.6 Å². The third-order valence-electron chi connectivity index (χ3n) is 3.28. The van der Waals surface area contributed by atoms with Crippen LogP contribution in [0.4, 0.5) is 4.79 Å². The summed E-state index contributed by atoms with van der Waals surface area (Å²) in [5, 5.41) is 3.08. The molecule has 0 saturated heterocycles. The molecule has 120 valence electrons. The Balaban J connectivity index is 2.06. The Kier molecular flexibility index (Phi) is 4.66. The average molecular weight is 326 g/mol. The molecule has 1 unspecified atom stereocenters. The van der Waals surface area contributed by atoms with Gasteiger partial charge in [-0.25, -0.2) is 9.59 Å². The normalized spacial score (nSPS) is 19.0. The van der Waals surface area contributed by atoms with Gasteiger partial charge in [0.15, 0.2) is 0 Å². The summed E-state index contributed by atoms with van der Waals surface area (Å²) in [6.45, 7) is 7.28. The second kappa shape index (κ2) is 6.16. The zero-order valence-electron chi connectivity index (χ0n) is 13.1. The van der Waals surface area contributed by atoms with E-state index in [1.54, 1.807) is 19.1 Å². The van der Waals surface area contributed by atoms with E-state index >= 15 is 0 Å². The fourth-order valence-corrected chi connectivity index (χ4v) is 2.54. The van der Waals surface area contributed by atoms with E-state index in [1.165, 1.54) is 0 Å². The molecule has 0 fully saturated rings. The summed E-state index contributed by atoms with van der Waals surface area (Å²) in [4.78, 5) is 23.9. The lowest BCUT2D eigenvalue weighted by Gasteiger charge is -2.30. The molecule has 1 amide bonds. The van der Waals surface area contributed by atoms with E-state index < -0.39 is 24.3 Å². The summed E-state index contributed by atoms with van der Waals surface area (Å²) in [5.74, 6) is -0.483. The molecule has 0 radical (unpaired) electrons. The molecule has 1 aliphatic heterocycles. The minimum absolute atomic E-state index is 0.375. The molecule has 0 saturated carbocycles. The van der Waals surface area contributed by atoms with Crippen molar-refractivity contribution in [2.75, 3.05) is 0 Å². The van der Waals surface area contributed by atoms with Crippen LogP contribution in [-0.4, -0.2) is 29.8 Å². The van der Waals surface area contributed by atoms with E-state index in [0.717, 1.165) is 5.56 Å². The van der Waals surface area contributed by atoms with Crippen LogP contribution < -0.4 is 5.32 Å². The fourth-order valence-electron chi connectivity index (χ4n) is 2.26. The molecule has 0 spiro atoms. The molecule has 6 heteroatoms. The van der Waals surface area contributed by atoms with Gasteiger partial charge in [-0.15, -0.1) is 0 Å². The van der Waals surface area contributed by atoms with Gasteiger partial charge in [-0.3, -0.25) is 0 Å². The number of rotatable bonds is 2. The smallest absolute Gasteiger partial charge is 0.407 e. The number of hydrogen-bond donors (Lipinski definition) is 1. The van der Waals surface area contributed by atoms with Gasteiger partial charge in [0.25, 0.3) is 0 Å². The number of halogens is 1. The number of amides is 1. The molecular weight excluding hydrogens is 306 g/mol. The molecule has 22 heavy (non-hydrogen) atoms. The van der Waals surface area contributed by atoms with Crippen molar-refractivity contribution in [3.63, 3.8) is 0 Å². The number of carbonyl (C=O) groups is 2. The number of benzene rings is 1. The van der Waals surface area contributed by atoms with Gasteiger partial charge >= 0.3 is 12.1 Å². The van der Waals surface area contributed by atoms with E-state index in [2.05, 4.69) is 5.32 Å². The van der Waals surface area contributed by atoms with Crippen LogP contribution in [0.25, 0.3) is 0 Å². The summed E-state index contributed by atoms with van der Waals surface area (Å²) in [6, 6.07) is 5.27. The average Bonchev–Trinajstić information content (AvgIpc) is 2.35. The van der Waals surface area contributed by atoms with Crippen LogP contribution in [0.2, 0.25) is 5.02 Å². The predicted octanol–water partition coefficient (Wildman–Crippen LogP) is 3.33. The molecule has 2 atom stereocenters. The Morgan fingerprint density at radius 3 is 2.77 bits per heavy atom. The number of hydrogen-bond acceptors (Lipinski definition) is 4. The largest absolute Gasteiger partial charge is 0.454 e. The van der Waals surface area contributed by atoms with E-state index in [-0.39, 0.29) is 5.54 Å². The molecule has 1 aliphatic rings. The molecule has 0 bridgehead atoms. The maximum absolute atomic E-state index is 12.1. The van der Waals surface area contributed by atoms with Gasteiger partial charge in [0.2, 0.25) is 0 Å². The van der Waals surface area contributed by atoms with Gasteiger partial charge in [0.1, 0.15) is 12.2 Å². The highest BCUT2D eigenvalue weighted by molar-refractivity contribution is 6.33. The number of cyclic esters (lactones) is 1. The number of ether oxygens (including phenoxy) is 2. The predicted molar refractivity (Wildman–Crippen MR) is 83.2 cm³/mol. The monoisotopic (exact) mass is 325 g/mol. The zero-order valence-corrected chi connectivity index (χ0v) is 13.9. The van der Waals surface area contributed by atoms with E-state index in [0.29, 0.717) is 17.0 Å². The summed E-state index contributed by atoms with van der Waals surface area (Å²) >= 11 is 6.03. The van der Waals surface area contributed by atoms with Gasteiger partial charge in [0, 0.05) is 12.0 Å². The summed E-state index contributed by atoms with van der Waals surface area (Å²) in [7, 11) is 0. The Morgan fingerprint density at radius 2 is 2.14 bits per heavy atom. The Hall–Kier alpha value is -1.75. The summed E-state index contributed by atoms with van der Waals surface area (Å²) in [5.41, 5.74) is 0.812. The maximum Gasteiger partial charge on any atom is 0.407 e. The number of nitrogens with one attached hydrogen (secondary N) is 1. The van der Waals surface area contributed by atoms with Gasteiger partial charge in [-0.1, -0.05) is 23.7 Å². The summed E-state index contributed by atoms with van der Waals surface area (Å²) < 4.78 is 10.7. The first-order valence-corrected chi connectivity index (χ1v) is 7.52. The first-order valence-electron chi connectivity index (χ1n) is 7.14. The maximum atomic E-state index is 12.1. The van der Waals surface area contributed by atoms with Crippen molar-refractivity contribution in [3.8, 4) is 0 Å². The lowest BCUT2D eigenvalue weighted by atomic mass is 9.96. The van der Waals surface area contributed by atoms with Crippen molar-refractivity contribution in [1.29, 1.82) is 0 Å². The number of alkyl carbamates (subject to hydrolysis) is 1. The van der Waals surface area contributed by atoms with E-state index in [1.807, 2.05) is 26.8 Å². The van der Waals surface area contributed by atoms with Crippen LogP contribution in [0.15, 0.2) is 18.2 Å². The van der Waals surface area contributed by atoms with E-state index in [9.17, 15) is 9.59 Å². The lowest BCUT2D eigenvalue weighted by Crippen LogP contribution is -2.45. The van der Waals surface area contributed by atoms with Crippen LogP contribution in [-0.2, 0) is 15.9 Å². The second-order valence-electron chi connectivity index (χ2n) is 6.41. The Labute approximate surface area is 134 Å². The zero-order chi connectivity index (χ0) is 16.5. The molecular formula is C16H20ClNO4. The molecule has 1 aromatic carbocycles. The third kappa shape index (κ3) is 3.91. The van der Waals surface area contributed by atoms with Crippen LogP contribution in [0.5, 0.6) is 0 Å². The standard InChI is InChI=1S/C16H20ClNO4/c1-9(21-15(20)18-16(2,3)4)12-8-10-6-5-7-11(17)13(10)14(19)22-12/h5-7,9,12H,8H2,1-4H3,(H,18,20)/t9-,12?/m0/s1. The fraction of sp³-hybridized carbons (Fsp3) is 0.500. The second-order valence-corrected chi connectivity index (χ2v) is 6.81. The molecule has 0 aliphatic carbocycles. The van der Waals surface area contributed by atoms with Crippen molar-refractivity contribution in [2.24, 2.45) is 0 Å². The Bertz CT molecular complexity index is 594. The molecule has 2 rings (SSSR count). The van der Waals surface area contributed by atoms with E-state index in [4.69, 9.17) is 21.1 Å². The van der Waals surface area contributed by atoms with Crippen LogP contribution in [0, 0.1) is 0 Å². The third-order valence-corrected chi connectivity index (χ3v) is 3.59. The number of fused-ring (bicyclic) bond motifs is 1. The molecule has 1 heterocycles. The van der Waals surface area contributed by atoms with Crippen molar-refractivity contribution < 1.29 is 19.1 Å². The van der Waals surface area contributed by atoms with Gasteiger partial charge in [-0.2, -0.15) is 0 Å². The molecule has 0 aromatic heterocycles. The highest BCUT2D eigenvalue weighted by Gasteiger charge is 2.33. The highest BCUT2D eigenvalue weighted by atomic mass is 35.5. The van der Waals surface area contributed by atoms with Crippen molar-refractivity contribution in [2.45, 2.75) is 51.9 Å². The van der Waals surface area contributed by atoms with Crippen molar-refractivity contribution in [3.05, 3.63) is 34.3 Å². The SMILES string of the molecule is C[C@H](OC(=O)NC(C)(C)C)C1Cc2cccc(Cl)c2C(=O)O1. The van der Waals surface area contributed by atoms with Gasteiger partial charge in [0.05, 0.1) is 10.6 Å². The molecule has 1 aromatic rings. The van der Waals surface area contributed by atoms with Crippen LogP contribution in [0.3, 0.4) is 0 Å². The lowest BCUT2D eigenvalue weighted by molar-refractivity contribution is -0.0244. The van der Waals surface area contributed by atoms with Gasteiger partial charge < -0.3 is 14.8 Å². The number of carbonyl (C=O) groups excluding carboxylic acids is 2. The summed E-state index contributed by atoms with van der Waals surface area (Å²) in [6.07, 6.45) is -1.15. The van der Waals surface area contributed by atoms with Crippen LogP contribution >= 0.6 is 11.6 Å². The molecule has 5 nitrogen and oxygen atoms in total. The minimum atomic E-state index is -0.557. The van der Waals surface area contributed by atoms with Crippen LogP contribution in [0.1, 0.15) is 43.6 Å². The van der Waals surface area contributed by atoms with Gasteiger partial charge in [-0.05, 0) is 39.3 Å². The quantitative estimate of drug-likeness (QED) is 0.847. The molecule has 1 N–H and O–H groups in total. The van der Waals surface area contributed by atoms with Crippen molar-refractivity contribution in [1.82, 2.24) is 5.32 Å². The minimum Gasteiger partial charge on any atom is -0.454 e.